The van der Waals surface area contributed by atoms with Gasteiger partial charge in [0.05, 0.1) is 33.2 Å². The molecule has 2 N–H and O–H groups in total. The maximum Gasteiger partial charge on any atom is 0.328 e. The Balaban J connectivity index is 2.01. The molecule has 1 saturated heterocycles. The van der Waals surface area contributed by atoms with Crippen LogP contribution in [0.2, 0.25) is 10.0 Å². The number of halogens is 2. The van der Waals surface area contributed by atoms with Gasteiger partial charge >= 0.3 is 5.69 Å². The molecule has 1 aliphatic rings. The van der Waals surface area contributed by atoms with Crippen LogP contribution in [-0.2, 0) is 18.3 Å². The van der Waals surface area contributed by atoms with E-state index in [1.54, 1.807) is 19.2 Å². The third-order valence-electron chi connectivity index (χ3n) is 4.52. The zero-order valence-corrected chi connectivity index (χ0v) is 14.1. The summed E-state index contributed by atoms with van der Waals surface area (Å²) in [4.78, 5) is 12.5. The highest BCUT2D eigenvalue weighted by Crippen LogP contribution is 2.29. The summed E-state index contributed by atoms with van der Waals surface area (Å²) in [6.45, 7) is 0.753. The summed E-state index contributed by atoms with van der Waals surface area (Å²) < 4.78 is 8.07. The molecule has 1 fully saturated rings. The van der Waals surface area contributed by atoms with Crippen LogP contribution in [0.3, 0.4) is 0 Å². The first-order valence-corrected chi connectivity index (χ1v) is 8.11. The Hall–Kier alpha value is -1.05. The molecule has 1 unspecified atom stereocenters. The molecule has 8 heteroatoms. The molecule has 126 valence electrons. The van der Waals surface area contributed by atoms with Gasteiger partial charge in [-0.1, -0.05) is 23.2 Å². The molecule has 3 rings (SSSR count). The number of hydrogen-bond donors (Lipinski definition) is 2. The van der Waals surface area contributed by atoms with Crippen molar-refractivity contribution in [2.75, 3.05) is 13.2 Å². The van der Waals surface area contributed by atoms with Gasteiger partial charge in [0, 0.05) is 33.1 Å². The topological polar surface area (TPSA) is 76.6 Å². The van der Waals surface area contributed by atoms with Crippen LogP contribution >= 0.6 is 23.2 Å². The van der Waals surface area contributed by atoms with E-state index in [-0.39, 0.29) is 12.2 Å². The van der Waals surface area contributed by atoms with Gasteiger partial charge in [0.1, 0.15) is 6.10 Å². The first-order valence-electron chi connectivity index (χ1n) is 7.36. The number of benzene rings is 1. The van der Waals surface area contributed by atoms with Gasteiger partial charge in [0.25, 0.3) is 0 Å². The quantitative estimate of drug-likeness (QED) is 0.870. The van der Waals surface area contributed by atoms with E-state index in [1.165, 1.54) is 9.13 Å². The molecule has 1 aromatic carbocycles. The van der Waals surface area contributed by atoms with Crippen LogP contribution in [0.15, 0.2) is 16.9 Å². The number of imidazole rings is 1. The second kappa shape index (κ2) is 6.11. The van der Waals surface area contributed by atoms with E-state index < -0.39 is 11.7 Å². The number of hydrogen-bond acceptors (Lipinski definition) is 4. The Morgan fingerprint density at radius 1 is 1.26 bits per heavy atom. The summed E-state index contributed by atoms with van der Waals surface area (Å²) >= 11 is 12.1. The van der Waals surface area contributed by atoms with Gasteiger partial charge in [-0.3, -0.25) is 9.13 Å². The number of aryl methyl sites for hydroxylation is 1. The number of aliphatic hydroxyl groups excluding tert-OH is 1. The summed E-state index contributed by atoms with van der Waals surface area (Å²) in [5, 5.41) is 21.7. The second-order valence-electron chi connectivity index (χ2n) is 5.94. The lowest BCUT2D eigenvalue weighted by Crippen LogP contribution is -2.49. The van der Waals surface area contributed by atoms with Gasteiger partial charge in [-0.25, -0.2) is 4.79 Å². The molecule has 0 spiro atoms. The van der Waals surface area contributed by atoms with Crippen LogP contribution in [-0.4, -0.2) is 44.3 Å². The van der Waals surface area contributed by atoms with E-state index in [0.29, 0.717) is 47.1 Å². The molecule has 0 saturated carbocycles. The van der Waals surface area contributed by atoms with Gasteiger partial charge in [0.2, 0.25) is 0 Å². The third kappa shape index (κ3) is 2.90. The number of fused-ring (bicyclic) bond motifs is 1. The fourth-order valence-corrected chi connectivity index (χ4v) is 3.29. The average molecular weight is 361 g/mol. The predicted molar refractivity (Wildman–Crippen MR) is 88.2 cm³/mol. The van der Waals surface area contributed by atoms with Gasteiger partial charge in [-0.05, 0) is 12.1 Å². The number of aromatic nitrogens is 2. The standard InChI is InChI=1S/C15H18Cl2N2O4/c1-18-11-6-9(16)10(17)7-12(11)19(14(18)21)8-13(20)15(22)2-4-23-5-3-15/h6-7,13,20,22H,2-5,8H2,1H3. The van der Waals surface area contributed by atoms with Crippen molar-refractivity contribution < 1.29 is 14.9 Å². The molecule has 23 heavy (non-hydrogen) atoms. The van der Waals surface area contributed by atoms with Crippen molar-refractivity contribution >= 4 is 34.2 Å². The highest BCUT2D eigenvalue weighted by atomic mass is 35.5. The largest absolute Gasteiger partial charge is 0.388 e. The van der Waals surface area contributed by atoms with Crippen molar-refractivity contribution in [1.29, 1.82) is 0 Å². The van der Waals surface area contributed by atoms with Crippen molar-refractivity contribution in [2.24, 2.45) is 7.05 Å². The van der Waals surface area contributed by atoms with Crippen LogP contribution in [0.4, 0.5) is 0 Å². The monoisotopic (exact) mass is 360 g/mol. The normalized spacial score (nSPS) is 19.2. The fourth-order valence-electron chi connectivity index (χ4n) is 2.98. The van der Waals surface area contributed by atoms with Gasteiger partial charge in [0.15, 0.2) is 0 Å². The zero-order valence-electron chi connectivity index (χ0n) is 12.6. The smallest absolute Gasteiger partial charge is 0.328 e. The Morgan fingerprint density at radius 2 is 1.83 bits per heavy atom. The molecule has 1 aromatic heterocycles. The number of rotatable bonds is 3. The lowest BCUT2D eigenvalue weighted by Gasteiger charge is -2.36. The molecular formula is C15H18Cl2N2O4. The molecule has 2 heterocycles. The van der Waals surface area contributed by atoms with Crippen LogP contribution in [0.1, 0.15) is 12.8 Å². The van der Waals surface area contributed by atoms with Crippen molar-refractivity contribution in [3.8, 4) is 0 Å². The average Bonchev–Trinajstić information content (AvgIpc) is 2.74. The zero-order chi connectivity index (χ0) is 16.8. The Kier molecular flexibility index (Phi) is 4.46. The number of ether oxygens (including phenoxy) is 1. The fraction of sp³-hybridized carbons (Fsp3) is 0.533. The van der Waals surface area contributed by atoms with E-state index in [1.807, 2.05) is 0 Å². The first-order chi connectivity index (χ1) is 10.8. The number of aliphatic hydroxyl groups is 2. The maximum absolute atomic E-state index is 12.5. The number of nitrogens with zero attached hydrogens (tertiary/aromatic N) is 2. The second-order valence-corrected chi connectivity index (χ2v) is 6.75. The van der Waals surface area contributed by atoms with Crippen LogP contribution in [0, 0.1) is 0 Å². The molecule has 6 nitrogen and oxygen atoms in total. The van der Waals surface area contributed by atoms with Gasteiger partial charge < -0.3 is 14.9 Å². The summed E-state index contributed by atoms with van der Waals surface area (Å²) in [6, 6.07) is 3.22. The third-order valence-corrected chi connectivity index (χ3v) is 5.24. The minimum Gasteiger partial charge on any atom is -0.388 e. The van der Waals surface area contributed by atoms with Crippen molar-refractivity contribution in [2.45, 2.75) is 31.1 Å². The minimum absolute atomic E-state index is 0.0232. The highest BCUT2D eigenvalue weighted by Gasteiger charge is 2.38. The lowest BCUT2D eigenvalue weighted by atomic mass is 9.88. The van der Waals surface area contributed by atoms with E-state index in [2.05, 4.69) is 0 Å². The molecule has 2 aromatic rings. The van der Waals surface area contributed by atoms with E-state index in [4.69, 9.17) is 27.9 Å². The van der Waals surface area contributed by atoms with Gasteiger partial charge in [-0.2, -0.15) is 0 Å². The molecule has 0 amide bonds. The van der Waals surface area contributed by atoms with Gasteiger partial charge in [-0.15, -0.1) is 0 Å². The Labute approximate surface area is 142 Å². The molecule has 0 bridgehead atoms. The van der Waals surface area contributed by atoms with E-state index in [0.717, 1.165) is 0 Å². The van der Waals surface area contributed by atoms with E-state index in [9.17, 15) is 15.0 Å². The Bertz CT molecular complexity index is 793. The highest BCUT2D eigenvalue weighted by molar-refractivity contribution is 6.42. The summed E-state index contributed by atoms with van der Waals surface area (Å²) in [5.41, 5.74) is -0.360. The van der Waals surface area contributed by atoms with Crippen molar-refractivity contribution in [1.82, 2.24) is 9.13 Å². The van der Waals surface area contributed by atoms with E-state index >= 15 is 0 Å². The Morgan fingerprint density at radius 3 is 2.43 bits per heavy atom. The molecule has 1 aliphatic heterocycles. The molecular weight excluding hydrogens is 343 g/mol. The van der Waals surface area contributed by atoms with Crippen LogP contribution < -0.4 is 5.69 Å². The minimum atomic E-state index is -1.25. The summed E-state index contributed by atoms with van der Waals surface area (Å²) in [7, 11) is 1.63. The SMILES string of the molecule is Cn1c(=O)n(CC(O)C2(O)CCOCC2)c2cc(Cl)c(Cl)cc21. The summed E-state index contributed by atoms with van der Waals surface area (Å²) in [6.07, 6.45) is -0.412. The van der Waals surface area contributed by atoms with Crippen molar-refractivity contribution in [3.63, 3.8) is 0 Å². The molecule has 1 atom stereocenters. The predicted octanol–water partition coefficient (Wildman–Crippen LogP) is 1.55. The lowest BCUT2D eigenvalue weighted by molar-refractivity contribution is -0.135. The first kappa shape index (κ1) is 16.8. The van der Waals surface area contributed by atoms with Crippen LogP contribution in [0.25, 0.3) is 11.0 Å². The summed E-state index contributed by atoms with van der Waals surface area (Å²) in [5.74, 6) is 0. The molecule has 0 radical (unpaired) electrons. The molecule has 0 aliphatic carbocycles. The van der Waals surface area contributed by atoms with Crippen molar-refractivity contribution in [3.05, 3.63) is 32.7 Å². The maximum atomic E-state index is 12.5. The van der Waals surface area contributed by atoms with Crippen LogP contribution in [0.5, 0.6) is 0 Å².